The van der Waals surface area contributed by atoms with Crippen molar-refractivity contribution in [3.63, 3.8) is 0 Å². The van der Waals surface area contributed by atoms with Gasteiger partial charge in [-0.15, -0.1) is 0 Å². The van der Waals surface area contributed by atoms with Gasteiger partial charge in [0, 0.05) is 31.0 Å². The molecule has 1 aromatic carbocycles. The number of ether oxygens (including phenoxy) is 1. The van der Waals surface area contributed by atoms with Crippen molar-refractivity contribution in [3.05, 3.63) is 72.4 Å². The normalized spacial score (nSPS) is 15.9. The van der Waals surface area contributed by atoms with Crippen molar-refractivity contribution in [2.24, 2.45) is 0 Å². The number of morpholine rings is 1. The van der Waals surface area contributed by atoms with Gasteiger partial charge in [0.1, 0.15) is 12.3 Å². The van der Waals surface area contributed by atoms with Crippen molar-refractivity contribution >= 4 is 5.91 Å². The molecule has 1 fully saturated rings. The molecule has 3 heterocycles. The molecule has 144 valence electrons. The number of nitrogens with zero attached hydrogens (tertiary/aromatic N) is 3. The van der Waals surface area contributed by atoms with Gasteiger partial charge in [-0.25, -0.2) is 4.98 Å². The van der Waals surface area contributed by atoms with Crippen LogP contribution in [0.3, 0.4) is 0 Å². The number of carbonyl (C=O) groups is 1. The lowest BCUT2D eigenvalue weighted by molar-refractivity contribution is -0.128. The second-order valence-electron chi connectivity index (χ2n) is 6.57. The van der Waals surface area contributed by atoms with E-state index in [9.17, 15) is 4.79 Å². The van der Waals surface area contributed by atoms with Crippen LogP contribution in [-0.4, -0.2) is 47.1 Å². The second kappa shape index (κ2) is 8.77. The van der Waals surface area contributed by atoms with Crippen molar-refractivity contribution < 1.29 is 13.9 Å². The van der Waals surface area contributed by atoms with Crippen molar-refractivity contribution in [1.29, 1.82) is 0 Å². The number of aromatic nitrogens is 2. The number of hydrogen-bond acceptors (Lipinski definition) is 6. The van der Waals surface area contributed by atoms with Gasteiger partial charge in [-0.3, -0.25) is 14.7 Å². The van der Waals surface area contributed by atoms with Crippen molar-refractivity contribution in [2.75, 3.05) is 26.3 Å². The van der Waals surface area contributed by atoms with Crippen LogP contribution in [0.5, 0.6) is 0 Å². The van der Waals surface area contributed by atoms with Gasteiger partial charge in [0.2, 0.25) is 11.8 Å². The van der Waals surface area contributed by atoms with Crippen LogP contribution in [0, 0.1) is 0 Å². The number of rotatable bonds is 6. The average Bonchev–Trinajstić information content (AvgIpc) is 3.24. The van der Waals surface area contributed by atoms with E-state index in [2.05, 4.69) is 20.2 Å². The van der Waals surface area contributed by atoms with E-state index in [0.29, 0.717) is 44.4 Å². The lowest BCUT2D eigenvalue weighted by Crippen LogP contribution is -2.45. The van der Waals surface area contributed by atoms with Gasteiger partial charge in [0.25, 0.3) is 0 Å². The van der Waals surface area contributed by atoms with E-state index < -0.39 is 6.04 Å². The molecule has 0 bridgehead atoms. The summed E-state index contributed by atoms with van der Waals surface area (Å²) in [5, 5.41) is 2.99. The third-order valence-electron chi connectivity index (χ3n) is 4.68. The molecule has 0 aliphatic carbocycles. The van der Waals surface area contributed by atoms with Crippen LogP contribution < -0.4 is 5.32 Å². The maximum absolute atomic E-state index is 13.0. The molecule has 3 aromatic rings. The Labute approximate surface area is 163 Å². The molecule has 7 nitrogen and oxygen atoms in total. The first-order valence-corrected chi connectivity index (χ1v) is 9.30. The zero-order valence-electron chi connectivity index (χ0n) is 15.5. The van der Waals surface area contributed by atoms with Crippen LogP contribution in [0.1, 0.15) is 17.3 Å². The first-order valence-electron chi connectivity index (χ1n) is 9.30. The highest BCUT2D eigenvalue weighted by atomic mass is 16.5. The minimum absolute atomic E-state index is 0.0841. The average molecular weight is 378 g/mol. The van der Waals surface area contributed by atoms with Crippen LogP contribution in [-0.2, 0) is 16.1 Å². The number of hydrogen-bond donors (Lipinski definition) is 1. The number of benzene rings is 1. The summed E-state index contributed by atoms with van der Waals surface area (Å²) < 4.78 is 11.0. The summed E-state index contributed by atoms with van der Waals surface area (Å²) in [6, 6.07) is 13.0. The molecule has 0 saturated carbocycles. The fraction of sp³-hybridized carbons (Fsp3) is 0.286. The monoisotopic (exact) mass is 378 g/mol. The maximum atomic E-state index is 13.0. The Hall–Kier alpha value is -3.03. The van der Waals surface area contributed by atoms with Gasteiger partial charge in [0.15, 0.2) is 0 Å². The molecule has 0 unspecified atom stereocenters. The Bertz CT molecular complexity index is 892. The molecule has 0 spiro atoms. The minimum Gasteiger partial charge on any atom is -0.444 e. The number of nitrogens with one attached hydrogen (secondary N) is 1. The van der Waals surface area contributed by atoms with Crippen LogP contribution in [0.15, 0.2) is 65.5 Å². The smallest absolute Gasteiger partial charge is 0.242 e. The van der Waals surface area contributed by atoms with E-state index in [0.717, 1.165) is 11.1 Å². The predicted molar refractivity (Wildman–Crippen MR) is 103 cm³/mol. The fourth-order valence-corrected chi connectivity index (χ4v) is 3.28. The quantitative estimate of drug-likeness (QED) is 0.710. The molecule has 1 aliphatic rings. The summed E-state index contributed by atoms with van der Waals surface area (Å²) in [5.74, 6) is 0.459. The molecule has 1 N–H and O–H groups in total. The second-order valence-corrected chi connectivity index (χ2v) is 6.57. The van der Waals surface area contributed by atoms with E-state index in [1.807, 2.05) is 42.5 Å². The van der Waals surface area contributed by atoms with Gasteiger partial charge >= 0.3 is 0 Å². The van der Waals surface area contributed by atoms with Gasteiger partial charge in [-0.1, -0.05) is 24.3 Å². The van der Waals surface area contributed by atoms with E-state index >= 15 is 0 Å². The number of amides is 1. The van der Waals surface area contributed by atoms with E-state index in [4.69, 9.17) is 9.15 Å². The molecule has 1 atom stereocenters. The fourth-order valence-electron chi connectivity index (χ4n) is 3.28. The Morgan fingerprint density at radius 3 is 2.71 bits per heavy atom. The number of pyridine rings is 1. The van der Waals surface area contributed by atoms with Crippen molar-refractivity contribution in [1.82, 2.24) is 20.2 Å². The van der Waals surface area contributed by atoms with Gasteiger partial charge in [-0.2, -0.15) is 0 Å². The van der Waals surface area contributed by atoms with E-state index in [1.54, 1.807) is 18.7 Å². The highest BCUT2D eigenvalue weighted by Crippen LogP contribution is 2.22. The van der Waals surface area contributed by atoms with Crippen molar-refractivity contribution in [2.45, 2.75) is 12.6 Å². The third kappa shape index (κ3) is 4.27. The Morgan fingerprint density at radius 1 is 1.14 bits per heavy atom. The lowest BCUT2D eigenvalue weighted by Gasteiger charge is -2.33. The molecule has 28 heavy (non-hydrogen) atoms. The number of carbonyl (C=O) groups excluding carboxylic acids is 1. The first-order chi connectivity index (χ1) is 13.8. The first kappa shape index (κ1) is 18.3. The molecule has 1 aliphatic heterocycles. The Morgan fingerprint density at radius 2 is 1.96 bits per heavy atom. The summed E-state index contributed by atoms with van der Waals surface area (Å²) in [5.41, 5.74) is 2.45. The summed E-state index contributed by atoms with van der Waals surface area (Å²) in [4.78, 5) is 23.8. The SMILES string of the molecule is O=C(NCc1coc(-c2ccccc2)n1)[C@H](c1cccnc1)N1CCOCC1. The molecule has 2 aromatic heterocycles. The van der Waals surface area contributed by atoms with Crippen LogP contribution in [0.4, 0.5) is 0 Å². The number of oxazole rings is 1. The van der Waals surface area contributed by atoms with Gasteiger partial charge in [-0.05, 0) is 23.8 Å². The molecular weight excluding hydrogens is 356 g/mol. The summed E-state index contributed by atoms with van der Waals surface area (Å²) in [7, 11) is 0. The maximum Gasteiger partial charge on any atom is 0.242 e. The lowest BCUT2D eigenvalue weighted by atomic mass is 10.1. The largest absolute Gasteiger partial charge is 0.444 e. The Kier molecular flexibility index (Phi) is 5.75. The standard InChI is InChI=1S/C21H22N4O3/c26-20(19(17-7-4-8-22-13-17)25-9-11-27-12-10-25)23-14-18-15-28-21(24-18)16-5-2-1-3-6-16/h1-8,13,15,19H,9-12,14H2,(H,23,26)/t19-/m0/s1. The zero-order chi connectivity index (χ0) is 19.2. The van der Waals surface area contributed by atoms with Crippen molar-refractivity contribution in [3.8, 4) is 11.5 Å². The third-order valence-corrected chi connectivity index (χ3v) is 4.68. The van der Waals surface area contributed by atoms with Gasteiger partial charge < -0.3 is 14.5 Å². The molecule has 4 rings (SSSR count). The summed E-state index contributed by atoms with van der Waals surface area (Å²) in [6.45, 7) is 2.95. The van der Waals surface area contributed by atoms with E-state index in [1.165, 1.54) is 0 Å². The molecule has 7 heteroatoms. The van der Waals surface area contributed by atoms with Gasteiger partial charge in [0.05, 0.1) is 25.5 Å². The summed E-state index contributed by atoms with van der Waals surface area (Å²) >= 11 is 0. The van der Waals surface area contributed by atoms with E-state index in [-0.39, 0.29) is 5.91 Å². The molecule has 1 amide bonds. The highest BCUT2D eigenvalue weighted by molar-refractivity contribution is 5.83. The Balaban J connectivity index is 1.45. The van der Waals surface area contributed by atoms with Crippen LogP contribution >= 0.6 is 0 Å². The minimum atomic E-state index is -0.405. The van der Waals surface area contributed by atoms with Crippen LogP contribution in [0.25, 0.3) is 11.5 Å². The zero-order valence-corrected chi connectivity index (χ0v) is 15.5. The van der Waals surface area contributed by atoms with Crippen LogP contribution in [0.2, 0.25) is 0 Å². The molecule has 1 saturated heterocycles. The predicted octanol–water partition coefficient (Wildman–Crippen LogP) is 2.43. The highest BCUT2D eigenvalue weighted by Gasteiger charge is 2.29. The molecule has 0 radical (unpaired) electrons. The summed E-state index contributed by atoms with van der Waals surface area (Å²) in [6.07, 6.45) is 5.03. The molecular formula is C21H22N4O3. The topological polar surface area (TPSA) is 80.5 Å².